The number of ether oxygens (including phenoxy) is 1. The van der Waals surface area contributed by atoms with Crippen molar-refractivity contribution in [3.63, 3.8) is 0 Å². The lowest BCUT2D eigenvalue weighted by Crippen LogP contribution is -2.14. The van der Waals surface area contributed by atoms with Crippen LogP contribution in [0.4, 0.5) is 14.5 Å². The van der Waals surface area contributed by atoms with Crippen molar-refractivity contribution in [2.75, 3.05) is 11.3 Å². The first-order valence-electron chi connectivity index (χ1n) is 9.03. The molecule has 0 radical (unpaired) electrons. The number of halogens is 2. The number of H-pyrrole nitrogens is 2. The fourth-order valence-corrected chi connectivity index (χ4v) is 4.29. The highest BCUT2D eigenvalue weighted by Gasteiger charge is 2.21. The Bertz CT molecular complexity index is 1510. The molecule has 11 heteroatoms. The number of sulfonamides is 1. The quantitative estimate of drug-likeness (QED) is 0.406. The summed E-state index contributed by atoms with van der Waals surface area (Å²) in [7, 11) is -4.20. The number of hydrogen-bond donors (Lipinski definition) is 3. The van der Waals surface area contributed by atoms with Gasteiger partial charge >= 0.3 is 5.97 Å². The molecule has 0 saturated carbocycles. The normalized spacial score (nSPS) is 11.7. The molecule has 3 N–H and O–H groups in total. The Hall–Kier alpha value is -3.73. The van der Waals surface area contributed by atoms with E-state index in [-0.39, 0.29) is 39.0 Å². The van der Waals surface area contributed by atoms with Crippen LogP contribution in [0, 0.1) is 11.6 Å². The second kappa shape index (κ2) is 7.51. The summed E-state index contributed by atoms with van der Waals surface area (Å²) in [6.07, 6.45) is 1.32. The Balaban J connectivity index is 1.88. The van der Waals surface area contributed by atoms with E-state index in [4.69, 9.17) is 4.74 Å². The van der Waals surface area contributed by atoms with Crippen molar-refractivity contribution in [1.29, 1.82) is 0 Å². The van der Waals surface area contributed by atoms with Gasteiger partial charge in [-0.1, -0.05) is 0 Å². The average Bonchev–Trinajstić information content (AvgIpc) is 3.17. The summed E-state index contributed by atoms with van der Waals surface area (Å²) < 4.78 is 59.3. The summed E-state index contributed by atoms with van der Waals surface area (Å²) in [5.74, 6) is -2.99. The highest BCUT2D eigenvalue weighted by atomic mass is 32.2. The van der Waals surface area contributed by atoms with E-state index in [0.717, 1.165) is 12.1 Å². The highest BCUT2D eigenvalue weighted by molar-refractivity contribution is 7.92. The fraction of sp³-hybridized carbons (Fsp3) is 0.100. The maximum atomic E-state index is 13.4. The van der Waals surface area contributed by atoms with E-state index in [9.17, 15) is 26.8 Å². The van der Waals surface area contributed by atoms with Crippen LogP contribution in [0.5, 0.6) is 0 Å². The highest BCUT2D eigenvalue weighted by Crippen LogP contribution is 2.28. The Morgan fingerprint density at radius 2 is 1.90 bits per heavy atom. The van der Waals surface area contributed by atoms with Crippen LogP contribution < -0.4 is 10.3 Å². The first-order chi connectivity index (χ1) is 14.7. The van der Waals surface area contributed by atoms with Crippen LogP contribution in [-0.2, 0) is 14.8 Å². The molecule has 0 aliphatic heterocycles. The third-order valence-electron chi connectivity index (χ3n) is 4.59. The van der Waals surface area contributed by atoms with Crippen molar-refractivity contribution in [1.82, 2.24) is 9.97 Å². The van der Waals surface area contributed by atoms with Gasteiger partial charge in [0.15, 0.2) is 11.6 Å². The Morgan fingerprint density at radius 3 is 2.61 bits per heavy atom. The van der Waals surface area contributed by atoms with E-state index in [0.29, 0.717) is 11.6 Å². The third kappa shape index (κ3) is 3.63. The zero-order valence-corrected chi connectivity index (χ0v) is 16.8. The Morgan fingerprint density at radius 1 is 1.13 bits per heavy atom. The standard InChI is InChI=1S/C20H15F2N3O5S/c1-2-30-20(27)13-9-23-18-17(13)12-8-11(4-6-16(12)24-19(18)26)31(28,29)25-10-3-5-14(21)15(22)7-10/h3-9,23,25H,2H2,1H3,(H,24,26). The van der Waals surface area contributed by atoms with E-state index in [1.54, 1.807) is 6.92 Å². The number of carbonyl (C=O) groups excluding carboxylic acids is 1. The first-order valence-corrected chi connectivity index (χ1v) is 10.5. The Kier molecular flexibility index (Phi) is 4.97. The van der Waals surface area contributed by atoms with E-state index in [1.165, 1.54) is 24.4 Å². The zero-order valence-electron chi connectivity index (χ0n) is 16.0. The number of carbonyl (C=O) groups is 1. The maximum Gasteiger partial charge on any atom is 0.340 e. The summed E-state index contributed by atoms with van der Waals surface area (Å²) in [5.41, 5.74) is -0.197. The van der Waals surface area contributed by atoms with E-state index in [2.05, 4.69) is 14.7 Å². The number of fused-ring (bicyclic) bond motifs is 3. The molecule has 0 unspecified atom stereocenters. The number of aromatic nitrogens is 2. The van der Waals surface area contributed by atoms with Gasteiger partial charge in [-0.05, 0) is 37.3 Å². The number of pyridine rings is 1. The molecule has 31 heavy (non-hydrogen) atoms. The minimum Gasteiger partial charge on any atom is -0.462 e. The molecular formula is C20H15F2N3O5S. The monoisotopic (exact) mass is 447 g/mol. The minimum absolute atomic E-state index is 0.0797. The molecule has 0 amide bonds. The predicted octanol–water partition coefficient (Wildman–Crippen LogP) is 3.27. The second-order valence-corrected chi connectivity index (χ2v) is 8.25. The van der Waals surface area contributed by atoms with Crippen LogP contribution in [0.15, 0.2) is 52.3 Å². The first kappa shape index (κ1) is 20.5. The van der Waals surface area contributed by atoms with Crippen molar-refractivity contribution in [2.45, 2.75) is 11.8 Å². The molecule has 2 heterocycles. The number of nitrogens with one attached hydrogen (secondary N) is 3. The SMILES string of the molecule is CCOC(=O)c1c[nH]c2c(=O)[nH]c3ccc(S(=O)(=O)Nc4ccc(F)c(F)c4)cc3c12. The molecule has 0 atom stereocenters. The van der Waals surface area contributed by atoms with Crippen LogP contribution in [0.1, 0.15) is 17.3 Å². The number of aromatic amines is 2. The third-order valence-corrected chi connectivity index (χ3v) is 5.97. The van der Waals surface area contributed by atoms with Crippen molar-refractivity contribution >= 4 is 43.5 Å². The van der Waals surface area contributed by atoms with Crippen LogP contribution in [0.2, 0.25) is 0 Å². The molecule has 4 rings (SSSR count). The molecule has 0 fully saturated rings. The molecule has 2 aromatic carbocycles. The Labute approximate surface area is 173 Å². The number of rotatable bonds is 5. The lowest BCUT2D eigenvalue weighted by atomic mass is 10.1. The lowest BCUT2D eigenvalue weighted by molar-refractivity contribution is 0.0529. The summed E-state index contributed by atoms with van der Waals surface area (Å²) in [6, 6.07) is 6.48. The number of anilines is 1. The molecule has 0 saturated heterocycles. The summed E-state index contributed by atoms with van der Waals surface area (Å²) in [6.45, 7) is 1.75. The molecule has 160 valence electrons. The van der Waals surface area contributed by atoms with Gasteiger partial charge in [0, 0.05) is 28.6 Å². The van der Waals surface area contributed by atoms with Crippen LogP contribution >= 0.6 is 0 Å². The van der Waals surface area contributed by atoms with Gasteiger partial charge in [-0.2, -0.15) is 0 Å². The predicted molar refractivity (Wildman–Crippen MR) is 110 cm³/mol. The van der Waals surface area contributed by atoms with E-state index < -0.39 is 33.2 Å². The number of benzene rings is 2. The second-order valence-electron chi connectivity index (χ2n) is 6.57. The average molecular weight is 447 g/mol. The topological polar surface area (TPSA) is 121 Å². The molecule has 4 aromatic rings. The largest absolute Gasteiger partial charge is 0.462 e. The van der Waals surface area contributed by atoms with Crippen molar-refractivity contribution < 1.29 is 26.7 Å². The molecular weight excluding hydrogens is 432 g/mol. The molecule has 0 bridgehead atoms. The summed E-state index contributed by atoms with van der Waals surface area (Å²) >= 11 is 0. The van der Waals surface area contributed by atoms with Crippen LogP contribution in [-0.4, -0.2) is 31.0 Å². The van der Waals surface area contributed by atoms with Crippen LogP contribution in [0.3, 0.4) is 0 Å². The van der Waals surface area contributed by atoms with Crippen molar-refractivity contribution in [3.8, 4) is 0 Å². The fourth-order valence-electron chi connectivity index (χ4n) is 3.22. The molecule has 0 spiro atoms. The van der Waals surface area contributed by atoms with Crippen molar-refractivity contribution in [2.24, 2.45) is 0 Å². The van der Waals surface area contributed by atoms with Gasteiger partial charge in [-0.15, -0.1) is 0 Å². The van der Waals surface area contributed by atoms with Gasteiger partial charge in [0.2, 0.25) is 0 Å². The minimum atomic E-state index is -4.20. The maximum absolute atomic E-state index is 13.4. The summed E-state index contributed by atoms with van der Waals surface area (Å²) in [4.78, 5) is 29.7. The van der Waals surface area contributed by atoms with Crippen molar-refractivity contribution in [3.05, 3.63) is 70.1 Å². The molecule has 0 aliphatic rings. The number of hydrogen-bond acceptors (Lipinski definition) is 5. The molecule has 0 aliphatic carbocycles. The van der Waals surface area contributed by atoms with Gasteiger partial charge in [0.1, 0.15) is 5.52 Å². The zero-order chi connectivity index (χ0) is 22.3. The summed E-state index contributed by atoms with van der Waals surface area (Å²) in [5, 5.41) is 0.495. The molecule has 8 nitrogen and oxygen atoms in total. The smallest absolute Gasteiger partial charge is 0.340 e. The van der Waals surface area contributed by atoms with Crippen LogP contribution in [0.25, 0.3) is 21.8 Å². The van der Waals surface area contributed by atoms with E-state index >= 15 is 0 Å². The van der Waals surface area contributed by atoms with Gasteiger partial charge < -0.3 is 14.7 Å². The lowest BCUT2D eigenvalue weighted by Gasteiger charge is -2.10. The van der Waals surface area contributed by atoms with Gasteiger partial charge in [0.05, 0.1) is 22.8 Å². The van der Waals surface area contributed by atoms with Gasteiger partial charge in [0.25, 0.3) is 15.6 Å². The van der Waals surface area contributed by atoms with Gasteiger partial charge in [-0.3, -0.25) is 9.52 Å². The van der Waals surface area contributed by atoms with Gasteiger partial charge in [-0.25, -0.2) is 22.0 Å². The molecule has 2 aromatic heterocycles. The van der Waals surface area contributed by atoms with E-state index in [1.807, 2.05) is 0 Å². The number of esters is 1.